The zero-order valence-electron chi connectivity index (χ0n) is 7.19. The van der Waals surface area contributed by atoms with Gasteiger partial charge in [-0.2, -0.15) is 4.89 Å². The van der Waals surface area contributed by atoms with Crippen LogP contribution in [0.4, 0.5) is 0 Å². The van der Waals surface area contributed by atoms with Gasteiger partial charge in [0.1, 0.15) is 0 Å². The van der Waals surface area contributed by atoms with Crippen LogP contribution in [0.2, 0.25) is 0 Å². The van der Waals surface area contributed by atoms with Crippen molar-refractivity contribution in [3.05, 3.63) is 23.7 Å². The summed E-state index contributed by atoms with van der Waals surface area (Å²) in [6, 6.07) is 5.68. The summed E-state index contributed by atoms with van der Waals surface area (Å²) >= 11 is 1.59. The van der Waals surface area contributed by atoms with Crippen LogP contribution in [0.15, 0.2) is 23.7 Å². The fraction of sp³-hybridized carbons (Fsp3) is 0.222. The number of thiazole rings is 1. The Balaban J connectivity index is 2.26. The van der Waals surface area contributed by atoms with Gasteiger partial charge in [-0.25, -0.2) is 4.98 Å². The molecule has 1 heterocycles. The van der Waals surface area contributed by atoms with Crippen molar-refractivity contribution in [3.8, 4) is 5.75 Å². The van der Waals surface area contributed by atoms with Crippen LogP contribution >= 0.6 is 11.3 Å². The Morgan fingerprint density at radius 1 is 1.46 bits per heavy atom. The molecule has 0 aliphatic heterocycles. The maximum atomic E-state index is 5.01. The van der Waals surface area contributed by atoms with Crippen LogP contribution in [-0.4, -0.2) is 11.6 Å². The first-order valence-electron chi connectivity index (χ1n) is 4.03. The Bertz CT molecular complexity index is 399. The monoisotopic (exact) mass is 195 g/mol. The van der Waals surface area contributed by atoms with E-state index in [-0.39, 0.29) is 0 Å². The van der Waals surface area contributed by atoms with Crippen molar-refractivity contribution >= 4 is 21.6 Å². The predicted molar refractivity (Wildman–Crippen MR) is 51.9 cm³/mol. The van der Waals surface area contributed by atoms with Crippen LogP contribution < -0.4 is 4.89 Å². The molecule has 1 aromatic carbocycles. The van der Waals surface area contributed by atoms with Crippen molar-refractivity contribution in [2.75, 3.05) is 6.61 Å². The summed E-state index contributed by atoms with van der Waals surface area (Å²) in [6.07, 6.45) is 0. The SMILES string of the molecule is CCOOc1ccc2ncsc2c1. The molecule has 0 amide bonds. The second-order valence-corrected chi connectivity index (χ2v) is 3.36. The minimum Gasteiger partial charge on any atom is -0.338 e. The Morgan fingerprint density at radius 2 is 2.38 bits per heavy atom. The van der Waals surface area contributed by atoms with Crippen LogP contribution in [0.3, 0.4) is 0 Å². The van der Waals surface area contributed by atoms with E-state index >= 15 is 0 Å². The minimum atomic E-state index is 0.542. The quantitative estimate of drug-likeness (QED) is 0.557. The smallest absolute Gasteiger partial charge is 0.166 e. The van der Waals surface area contributed by atoms with Crippen molar-refractivity contribution in [3.63, 3.8) is 0 Å². The molecule has 0 bridgehead atoms. The molecule has 0 atom stereocenters. The van der Waals surface area contributed by atoms with Gasteiger partial charge in [-0.05, 0) is 19.1 Å². The minimum absolute atomic E-state index is 0.542. The van der Waals surface area contributed by atoms with Gasteiger partial charge in [-0.1, -0.05) is 0 Å². The van der Waals surface area contributed by atoms with Gasteiger partial charge in [0, 0.05) is 6.07 Å². The molecule has 0 spiro atoms. The molecule has 0 radical (unpaired) electrons. The molecule has 1 aromatic heterocycles. The van der Waals surface area contributed by atoms with E-state index in [0.717, 1.165) is 16.0 Å². The first-order chi connectivity index (χ1) is 6.40. The molecule has 13 heavy (non-hydrogen) atoms. The lowest BCUT2D eigenvalue weighted by Gasteiger charge is -2.01. The van der Waals surface area contributed by atoms with E-state index in [1.54, 1.807) is 11.3 Å². The molecule has 0 fully saturated rings. The van der Waals surface area contributed by atoms with Crippen LogP contribution in [0.1, 0.15) is 6.92 Å². The summed E-state index contributed by atoms with van der Waals surface area (Å²) in [4.78, 5) is 14.0. The highest BCUT2D eigenvalue weighted by molar-refractivity contribution is 7.16. The third-order valence-electron chi connectivity index (χ3n) is 1.58. The highest BCUT2D eigenvalue weighted by Crippen LogP contribution is 2.23. The van der Waals surface area contributed by atoms with Crippen LogP contribution in [0.25, 0.3) is 10.2 Å². The molecule has 3 nitrogen and oxygen atoms in total. The average Bonchev–Trinajstić information content (AvgIpc) is 2.61. The maximum absolute atomic E-state index is 5.01. The van der Waals surface area contributed by atoms with Gasteiger partial charge >= 0.3 is 0 Å². The van der Waals surface area contributed by atoms with Crippen molar-refractivity contribution in [2.45, 2.75) is 6.92 Å². The van der Waals surface area contributed by atoms with E-state index in [1.807, 2.05) is 30.6 Å². The van der Waals surface area contributed by atoms with Gasteiger partial charge in [0.25, 0.3) is 0 Å². The zero-order chi connectivity index (χ0) is 9.10. The highest BCUT2D eigenvalue weighted by Gasteiger charge is 1.99. The number of aromatic nitrogens is 1. The van der Waals surface area contributed by atoms with E-state index < -0.39 is 0 Å². The normalized spacial score (nSPS) is 10.5. The maximum Gasteiger partial charge on any atom is 0.166 e. The summed E-state index contributed by atoms with van der Waals surface area (Å²) in [5.74, 6) is 0.721. The third kappa shape index (κ3) is 1.79. The number of benzene rings is 1. The Labute approximate surface area is 79.9 Å². The van der Waals surface area contributed by atoms with E-state index in [1.165, 1.54) is 0 Å². The molecular formula is C9H9NO2S. The summed E-state index contributed by atoms with van der Waals surface area (Å²) in [5.41, 5.74) is 2.81. The van der Waals surface area contributed by atoms with Crippen molar-refractivity contribution in [1.82, 2.24) is 4.98 Å². The van der Waals surface area contributed by atoms with Crippen molar-refractivity contribution in [2.24, 2.45) is 0 Å². The molecule has 0 aliphatic carbocycles. The zero-order valence-corrected chi connectivity index (χ0v) is 8.00. The fourth-order valence-electron chi connectivity index (χ4n) is 1.01. The van der Waals surface area contributed by atoms with Gasteiger partial charge in [-0.3, -0.25) is 0 Å². The lowest BCUT2D eigenvalue weighted by molar-refractivity contribution is -0.202. The summed E-state index contributed by atoms with van der Waals surface area (Å²) < 4.78 is 1.11. The number of fused-ring (bicyclic) bond motifs is 1. The molecule has 0 N–H and O–H groups in total. The molecule has 0 saturated carbocycles. The van der Waals surface area contributed by atoms with Crippen LogP contribution in [0.5, 0.6) is 5.75 Å². The molecule has 2 aromatic rings. The van der Waals surface area contributed by atoms with Gasteiger partial charge in [-0.15, -0.1) is 11.3 Å². The second kappa shape index (κ2) is 3.72. The van der Waals surface area contributed by atoms with Crippen molar-refractivity contribution < 1.29 is 9.78 Å². The predicted octanol–water partition coefficient (Wildman–Crippen LogP) is 2.63. The van der Waals surface area contributed by atoms with Crippen LogP contribution in [0, 0.1) is 0 Å². The Morgan fingerprint density at radius 3 is 3.23 bits per heavy atom. The van der Waals surface area contributed by atoms with Gasteiger partial charge < -0.3 is 4.89 Å². The first kappa shape index (κ1) is 8.47. The molecular weight excluding hydrogens is 186 g/mol. The van der Waals surface area contributed by atoms with Crippen LogP contribution in [-0.2, 0) is 4.89 Å². The van der Waals surface area contributed by atoms with Crippen molar-refractivity contribution in [1.29, 1.82) is 0 Å². The molecule has 2 rings (SSSR count). The fourth-order valence-corrected chi connectivity index (χ4v) is 1.72. The molecule has 68 valence electrons. The van der Waals surface area contributed by atoms with Gasteiger partial charge in [0.2, 0.25) is 0 Å². The molecule has 4 heteroatoms. The Hall–Kier alpha value is -1.13. The highest BCUT2D eigenvalue weighted by atomic mass is 32.1. The number of hydrogen-bond donors (Lipinski definition) is 0. The standard InChI is InChI=1S/C9H9NO2S/c1-2-11-12-7-3-4-8-9(5-7)13-6-10-8/h3-6H,2H2,1H3. The first-order valence-corrected chi connectivity index (χ1v) is 4.91. The number of hydrogen-bond acceptors (Lipinski definition) is 4. The summed E-state index contributed by atoms with van der Waals surface area (Å²) in [7, 11) is 0. The molecule has 0 aliphatic rings. The molecule has 0 saturated heterocycles. The van der Waals surface area contributed by atoms with E-state index in [4.69, 9.17) is 9.78 Å². The van der Waals surface area contributed by atoms with E-state index in [9.17, 15) is 0 Å². The molecule has 0 unspecified atom stereocenters. The topological polar surface area (TPSA) is 31.4 Å². The summed E-state index contributed by atoms with van der Waals surface area (Å²) in [5, 5.41) is 0. The van der Waals surface area contributed by atoms with Gasteiger partial charge in [0.05, 0.1) is 22.3 Å². The largest absolute Gasteiger partial charge is 0.338 e. The lowest BCUT2D eigenvalue weighted by atomic mass is 10.3. The Kier molecular flexibility index (Phi) is 2.42. The van der Waals surface area contributed by atoms with Gasteiger partial charge in [0.15, 0.2) is 5.75 Å². The average molecular weight is 195 g/mol. The summed E-state index contributed by atoms with van der Waals surface area (Å²) in [6.45, 7) is 2.42. The number of nitrogens with zero attached hydrogens (tertiary/aromatic N) is 1. The second-order valence-electron chi connectivity index (χ2n) is 2.47. The number of rotatable bonds is 3. The third-order valence-corrected chi connectivity index (χ3v) is 2.37. The van der Waals surface area contributed by atoms with E-state index in [2.05, 4.69) is 4.98 Å². The lowest BCUT2D eigenvalue weighted by Crippen LogP contribution is -1.94. The van der Waals surface area contributed by atoms with E-state index in [0.29, 0.717) is 6.61 Å².